The van der Waals surface area contributed by atoms with Gasteiger partial charge >= 0.3 is 0 Å². The maximum absolute atomic E-state index is 13.3. The predicted molar refractivity (Wildman–Crippen MR) is 111 cm³/mol. The van der Waals surface area contributed by atoms with E-state index in [1.807, 2.05) is 32.0 Å². The zero-order chi connectivity index (χ0) is 21.4. The Hall–Kier alpha value is -2.80. The molecule has 0 unspecified atom stereocenters. The highest BCUT2D eigenvalue weighted by atomic mass is 16.5. The van der Waals surface area contributed by atoms with E-state index in [9.17, 15) is 19.8 Å². The number of allylic oxidation sites excluding steroid dienone is 1. The number of phenols is 1. The van der Waals surface area contributed by atoms with Crippen molar-refractivity contribution in [2.24, 2.45) is 0 Å². The van der Waals surface area contributed by atoms with Gasteiger partial charge in [0.15, 0.2) is 6.29 Å². The van der Waals surface area contributed by atoms with E-state index in [4.69, 9.17) is 4.74 Å². The number of amides is 1. The Bertz CT molecular complexity index is 785. The van der Waals surface area contributed by atoms with E-state index in [0.29, 0.717) is 30.6 Å². The van der Waals surface area contributed by atoms with Crippen LogP contribution in [0.4, 0.5) is 0 Å². The predicted octanol–water partition coefficient (Wildman–Crippen LogP) is 2.35. The highest BCUT2D eigenvalue weighted by molar-refractivity contribution is 5.97. The number of benzene rings is 1. The van der Waals surface area contributed by atoms with Gasteiger partial charge in [-0.3, -0.25) is 9.59 Å². The fourth-order valence-electron chi connectivity index (χ4n) is 3.56. The Kier molecular flexibility index (Phi) is 8.27. The fraction of sp³-hybridized carbons (Fsp3) is 0.455. The van der Waals surface area contributed by atoms with Crippen LogP contribution in [-0.2, 0) is 4.79 Å². The Morgan fingerprint density at radius 3 is 2.76 bits per heavy atom. The molecule has 2 rings (SSSR count). The number of aliphatic hydroxyl groups is 1. The summed E-state index contributed by atoms with van der Waals surface area (Å²) >= 11 is 0. The zero-order valence-corrected chi connectivity index (χ0v) is 17.3. The molecular weight excluding hydrogens is 372 g/mol. The standard InChI is InChI=1S/C22H30N2O5/c1-4-7-17(19(11-13-25)23(2)3)22(28)24-12-6-8-16(24)15-29-21-10-5-9-20(27)18(21)14-26/h4-5,7,9-10,14,16,25,27H,6,8,11-13,15H2,1-3H3/b7-4-,19-17+/t16-/m0/s1. The highest BCUT2D eigenvalue weighted by Gasteiger charge is 2.32. The molecule has 1 aromatic carbocycles. The van der Waals surface area contributed by atoms with Crippen molar-refractivity contribution >= 4 is 12.2 Å². The summed E-state index contributed by atoms with van der Waals surface area (Å²) in [5.41, 5.74) is 1.44. The quantitative estimate of drug-likeness (QED) is 0.374. The summed E-state index contributed by atoms with van der Waals surface area (Å²) in [6, 6.07) is 4.53. The van der Waals surface area contributed by atoms with Crippen molar-refractivity contribution in [1.82, 2.24) is 9.80 Å². The minimum absolute atomic E-state index is 0.0413. The number of aliphatic hydroxyl groups excluding tert-OH is 1. The summed E-state index contributed by atoms with van der Waals surface area (Å²) < 4.78 is 5.80. The van der Waals surface area contributed by atoms with Crippen molar-refractivity contribution in [3.05, 3.63) is 47.2 Å². The molecule has 0 saturated carbocycles. The van der Waals surface area contributed by atoms with Gasteiger partial charge < -0.3 is 24.7 Å². The van der Waals surface area contributed by atoms with Crippen LogP contribution in [0.3, 0.4) is 0 Å². The molecule has 1 amide bonds. The molecule has 0 spiro atoms. The first kappa shape index (κ1) is 22.5. The number of aromatic hydroxyl groups is 1. The van der Waals surface area contributed by atoms with Crippen LogP contribution in [0.15, 0.2) is 41.6 Å². The number of likely N-dealkylation sites (tertiary alicyclic amines) is 1. The lowest BCUT2D eigenvalue weighted by molar-refractivity contribution is -0.128. The van der Waals surface area contributed by atoms with Crippen LogP contribution in [0, 0.1) is 0 Å². The molecule has 29 heavy (non-hydrogen) atoms. The van der Waals surface area contributed by atoms with Crippen molar-refractivity contribution in [3.63, 3.8) is 0 Å². The molecule has 1 saturated heterocycles. The summed E-state index contributed by atoms with van der Waals surface area (Å²) in [6.45, 7) is 2.66. The van der Waals surface area contributed by atoms with E-state index in [1.165, 1.54) is 6.07 Å². The second-order valence-electron chi connectivity index (χ2n) is 7.14. The molecule has 0 radical (unpaired) electrons. The minimum atomic E-state index is -0.137. The van der Waals surface area contributed by atoms with Gasteiger partial charge in [-0.05, 0) is 31.9 Å². The number of nitrogens with zero attached hydrogens (tertiary/aromatic N) is 2. The van der Waals surface area contributed by atoms with Gasteiger partial charge in [0, 0.05) is 39.4 Å². The number of aldehydes is 1. The Morgan fingerprint density at radius 1 is 1.38 bits per heavy atom. The smallest absolute Gasteiger partial charge is 0.255 e. The highest BCUT2D eigenvalue weighted by Crippen LogP contribution is 2.28. The third-order valence-corrected chi connectivity index (χ3v) is 4.99. The van der Waals surface area contributed by atoms with Gasteiger partial charge in [0.05, 0.1) is 17.2 Å². The summed E-state index contributed by atoms with van der Waals surface area (Å²) in [6.07, 6.45) is 6.21. The van der Waals surface area contributed by atoms with Crippen LogP contribution in [0.25, 0.3) is 0 Å². The number of carbonyl (C=O) groups excluding carboxylic acids is 2. The molecule has 1 aromatic rings. The van der Waals surface area contributed by atoms with Gasteiger partial charge in [-0.25, -0.2) is 0 Å². The van der Waals surface area contributed by atoms with E-state index in [-0.39, 0.29) is 36.5 Å². The van der Waals surface area contributed by atoms with E-state index in [2.05, 4.69) is 0 Å². The third-order valence-electron chi connectivity index (χ3n) is 4.99. The Balaban J connectivity index is 2.22. The summed E-state index contributed by atoms with van der Waals surface area (Å²) in [5, 5.41) is 19.2. The van der Waals surface area contributed by atoms with Gasteiger partial charge in [0.1, 0.15) is 18.1 Å². The normalized spacial score (nSPS) is 17.4. The van der Waals surface area contributed by atoms with Crippen molar-refractivity contribution in [2.45, 2.75) is 32.2 Å². The fourth-order valence-corrected chi connectivity index (χ4v) is 3.56. The molecule has 7 heteroatoms. The van der Waals surface area contributed by atoms with E-state index < -0.39 is 0 Å². The second kappa shape index (κ2) is 10.7. The Morgan fingerprint density at radius 2 is 2.14 bits per heavy atom. The molecule has 1 aliphatic heterocycles. The number of phenolic OH excluding ortho intramolecular Hbond substituents is 1. The van der Waals surface area contributed by atoms with Crippen LogP contribution in [-0.4, -0.2) is 72.1 Å². The van der Waals surface area contributed by atoms with Crippen molar-refractivity contribution < 1.29 is 24.5 Å². The lowest BCUT2D eigenvalue weighted by atomic mass is 10.1. The average molecular weight is 402 g/mol. The lowest BCUT2D eigenvalue weighted by Crippen LogP contribution is -2.40. The third kappa shape index (κ3) is 5.38. The number of hydrogen-bond acceptors (Lipinski definition) is 6. The molecule has 1 fully saturated rings. The molecule has 158 valence electrons. The van der Waals surface area contributed by atoms with Gasteiger partial charge in [0.2, 0.25) is 0 Å². The summed E-state index contributed by atoms with van der Waals surface area (Å²) in [4.78, 5) is 28.2. The van der Waals surface area contributed by atoms with Crippen molar-refractivity contribution in [1.29, 1.82) is 0 Å². The van der Waals surface area contributed by atoms with Gasteiger partial charge in [0.25, 0.3) is 5.91 Å². The van der Waals surface area contributed by atoms with Crippen LogP contribution >= 0.6 is 0 Å². The molecule has 0 bridgehead atoms. The molecule has 1 aliphatic rings. The number of carbonyl (C=O) groups is 2. The first-order valence-electron chi connectivity index (χ1n) is 9.79. The zero-order valence-electron chi connectivity index (χ0n) is 17.3. The van der Waals surface area contributed by atoms with E-state index >= 15 is 0 Å². The van der Waals surface area contributed by atoms with Crippen LogP contribution in [0.2, 0.25) is 0 Å². The van der Waals surface area contributed by atoms with Gasteiger partial charge in [-0.1, -0.05) is 18.2 Å². The summed E-state index contributed by atoms with van der Waals surface area (Å²) in [7, 11) is 3.71. The molecule has 2 N–H and O–H groups in total. The van der Waals surface area contributed by atoms with Crippen LogP contribution in [0.5, 0.6) is 11.5 Å². The molecular formula is C22H30N2O5. The number of hydrogen-bond donors (Lipinski definition) is 2. The van der Waals surface area contributed by atoms with Crippen LogP contribution < -0.4 is 4.74 Å². The van der Waals surface area contributed by atoms with E-state index in [0.717, 1.165) is 18.5 Å². The lowest BCUT2D eigenvalue weighted by Gasteiger charge is -2.28. The molecule has 0 aromatic heterocycles. The first-order chi connectivity index (χ1) is 13.9. The van der Waals surface area contributed by atoms with Crippen LogP contribution in [0.1, 0.15) is 36.5 Å². The molecule has 7 nitrogen and oxygen atoms in total. The first-order valence-corrected chi connectivity index (χ1v) is 9.79. The average Bonchev–Trinajstić information content (AvgIpc) is 3.17. The monoisotopic (exact) mass is 402 g/mol. The topological polar surface area (TPSA) is 90.3 Å². The number of rotatable bonds is 9. The maximum atomic E-state index is 13.3. The summed E-state index contributed by atoms with van der Waals surface area (Å²) in [5.74, 6) is 0.0745. The molecule has 1 atom stereocenters. The van der Waals surface area contributed by atoms with Gasteiger partial charge in [-0.2, -0.15) is 0 Å². The second-order valence-corrected chi connectivity index (χ2v) is 7.14. The minimum Gasteiger partial charge on any atom is -0.507 e. The largest absolute Gasteiger partial charge is 0.507 e. The SMILES string of the molecule is C/C=C\C(C(=O)N1CCC[C@H]1COc1cccc(O)c1C=O)=C(\CCO)N(C)C. The Labute approximate surface area is 171 Å². The number of ether oxygens (including phenoxy) is 1. The van der Waals surface area contributed by atoms with Crippen molar-refractivity contribution in [2.75, 3.05) is 33.9 Å². The maximum Gasteiger partial charge on any atom is 0.255 e. The van der Waals surface area contributed by atoms with E-state index in [1.54, 1.807) is 23.1 Å². The molecule has 1 heterocycles. The van der Waals surface area contributed by atoms with Gasteiger partial charge in [-0.15, -0.1) is 0 Å². The van der Waals surface area contributed by atoms with Crippen molar-refractivity contribution in [3.8, 4) is 11.5 Å². The molecule has 0 aliphatic carbocycles.